The van der Waals surface area contributed by atoms with Gasteiger partial charge in [-0.15, -0.1) is 11.8 Å². The molecule has 1 aromatic rings. The smallest absolute Gasteiger partial charge is 0.170 e. The van der Waals surface area contributed by atoms with E-state index >= 15 is 0 Å². The molecule has 68 valence electrons. The first kappa shape index (κ1) is 8.63. The van der Waals surface area contributed by atoms with Crippen molar-refractivity contribution in [3.8, 4) is 5.75 Å². The monoisotopic (exact) mass is 194 g/mol. The maximum absolute atomic E-state index is 11.5. The molecule has 0 fully saturated rings. The van der Waals surface area contributed by atoms with Gasteiger partial charge in [0.15, 0.2) is 5.78 Å². The van der Waals surface area contributed by atoms with E-state index in [0.29, 0.717) is 13.0 Å². The Balaban J connectivity index is 2.54. The van der Waals surface area contributed by atoms with Gasteiger partial charge in [0.2, 0.25) is 0 Å². The summed E-state index contributed by atoms with van der Waals surface area (Å²) in [5.41, 5.74) is 0.734. The van der Waals surface area contributed by atoms with E-state index in [1.165, 1.54) is 0 Å². The highest BCUT2D eigenvalue weighted by Gasteiger charge is 2.20. The highest BCUT2D eigenvalue weighted by molar-refractivity contribution is 7.98. The first-order chi connectivity index (χ1) is 6.33. The molecule has 1 aliphatic rings. The number of carbonyl (C=O) groups excluding carboxylic acids is 1. The predicted octanol–water partition coefficient (Wildman–Crippen LogP) is 2.37. The molecule has 1 aromatic carbocycles. The molecule has 0 saturated heterocycles. The third-order valence-corrected chi connectivity index (χ3v) is 2.84. The summed E-state index contributed by atoms with van der Waals surface area (Å²) in [5.74, 6) is 0.961. The topological polar surface area (TPSA) is 26.3 Å². The van der Waals surface area contributed by atoms with Gasteiger partial charge in [0, 0.05) is 11.3 Å². The van der Waals surface area contributed by atoms with Gasteiger partial charge in [-0.05, 0) is 18.4 Å². The van der Waals surface area contributed by atoms with Crippen LogP contribution in [0.15, 0.2) is 23.1 Å². The summed E-state index contributed by atoms with van der Waals surface area (Å²) in [6.07, 6.45) is 2.49. The average Bonchev–Trinajstić information content (AvgIpc) is 2.18. The molecule has 0 aromatic heterocycles. The highest BCUT2D eigenvalue weighted by atomic mass is 32.2. The van der Waals surface area contributed by atoms with Crippen molar-refractivity contribution in [2.75, 3.05) is 12.9 Å². The standard InChI is InChI=1S/C10H10O2S/c1-13-9-4-2-3-7-8(11)5-6-12-10(7)9/h2-4H,5-6H2,1H3. The van der Waals surface area contributed by atoms with Crippen molar-refractivity contribution < 1.29 is 9.53 Å². The number of ether oxygens (including phenoxy) is 1. The van der Waals surface area contributed by atoms with Crippen molar-refractivity contribution in [1.29, 1.82) is 0 Å². The Morgan fingerprint density at radius 1 is 1.46 bits per heavy atom. The summed E-state index contributed by atoms with van der Waals surface area (Å²) in [4.78, 5) is 12.5. The molecule has 0 unspecified atom stereocenters. The average molecular weight is 194 g/mol. The zero-order valence-electron chi connectivity index (χ0n) is 7.37. The Kier molecular flexibility index (Phi) is 2.27. The summed E-state index contributed by atoms with van der Waals surface area (Å²) in [6, 6.07) is 5.70. The van der Waals surface area contributed by atoms with E-state index in [1.54, 1.807) is 11.8 Å². The summed E-state index contributed by atoms with van der Waals surface area (Å²) in [7, 11) is 0. The van der Waals surface area contributed by atoms with E-state index in [1.807, 2.05) is 24.5 Å². The number of hydrogen-bond acceptors (Lipinski definition) is 3. The Morgan fingerprint density at radius 2 is 2.31 bits per heavy atom. The predicted molar refractivity (Wildman–Crippen MR) is 52.7 cm³/mol. The van der Waals surface area contributed by atoms with Crippen LogP contribution < -0.4 is 4.74 Å². The van der Waals surface area contributed by atoms with Gasteiger partial charge in [-0.25, -0.2) is 0 Å². The van der Waals surface area contributed by atoms with E-state index in [0.717, 1.165) is 16.2 Å². The van der Waals surface area contributed by atoms with Gasteiger partial charge in [0.05, 0.1) is 12.2 Å². The molecule has 0 spiro atoms. The Labute approximate surface area is 81.3 Å². The third kappa shape index (κ3) is 1.44. The first-order valence-corrected chi connectivity index (χ1v) is 5.38. The second kappa shape index (κ2) is 3.42. The molecule has 2 nitrogen and oxygen atoms in total. The largest absolute Gasteiger partial charge is 0.491 e. The van der Waals surface area contributed by atoms with Crippen LogP contribution >= 0.6 is 11.8 Å². The number of Topliss-reactive ketones (excluding diaryl/α,β-unsaturated/α-hetero) is 1. The zero-order valence-corrected chi connectivity index (χ0v) is 8.19. The van der Waals surface area contributed by atoms with E-state index < -0.39 is 0 Å². The van der Waals surface area contributed by atoms with Gasteiger partial charge in [-0.1, -0.05) is 6.07 Å². The first-order valence-electron chi connectivity index (χ1n) is 4.16. The molecule has 0 bridgehead atoms. The number of rotatable bonds is 1. The van der Waals surface area contributed by atoms with E-state index in [2.05, 4.69) is 0 Å². The lowest BCUT2D eigenvalue weighted by atomic mass is 10.1. The van der Waals surface area contributed by atoms with Gasteiger partial charge < -0.3 is 4.74 Å². The summed E-state index contributed by atoms with van der Waals surface area (Å²) in [6.45, 7) is 0.517. The number of para-hydroxylation sites is 1. The van der Waals surface area contributed by atoms with Crippen LogP contribution in [0.25, 0.3) is 0 Å². The lowest BCUT2D eigenvalue weighted by molar-refractivity contribution is 0.0931. The van der Waals surface area contributed by atoms with Crippen LogP contribution in [0.4, 0.5) is 0 Å². The molecular weight excluding hydrogens is 184 g/mol. The third-order valence-electron chi connectivity index (χ3n) is 2.07. The lowest BCUT2D eigenvalue weighted by Gasteiger charge is -2.18. The second-order valence-electron chi connectivity index (χ2n) is 2.86. The van der Waals surface area contributed by atoms with Crippen LogP contribution in [-0.2, 0) is 0 Å². The molecular formula is C10H10O2S. The van der Waals surface area contributed by atoms with Gasteiger partial charge in [-0.2, -0.15) is 0 Å². The van der Waals surface area contributed by atoms with Crippen molar-refractivity contribution in [3.05, 3.63) is 23.8 Å². The summed E-state index contributed by atoms with van der Waals surface area (Å²) < 4.78 is 5.47. The molecule has 0 N–H and O–H groups in total. The van der Waals surface area contributed by atoms with Crippen LogP contribution in [0, 0.1) is 0 Å². The molecule has 1 heterocycles. The van der Waals surface area contributed by atoms with Crippen LogP contribution in [0.5, 0.6) is 5.75 Å². The minimum absolute atomic E-state index is 0.192. The van der Waals surface area contributed by atoms with E-state index in [9.17, 15) is 4.79 Å². The van der Waals surface area contributed by atoms with Crippen molar-refractivity contribution in [2.45, 2.75) is 11.3 Å². The number of hydrogen-bond donors (Lipinski definition) is 0. The molecule has 13 heavy (non-hydrogen) atoms. The summed E-state index contributed by atoms with van der Waals surface area (Å²) in [5, 5.41) is 0. The Morgan fingerprint density at radius 3 is 3.08 bits per heavy atom. The second-order valence-corrected chi connectivity index (χ2v) is 3.71. The minimum Gasteiger partial charge on any atom is -0.491 e. The van der Waals surface area contributed by atoms with Crippen LogP contribution in [-0.4, -0.2) is 18.6 Å². The fraction of sp³-hybridized carbons (Fsp3) is 0.300. The maximum Gasteiger partial charge on any atom is 0.170 e. The number of ketones is 1. The maximum atomic E-state index is 11.5. The Bertz CT molecular complexity index is 347. The number of thioether (sulfide) groups is 1. The van der Waals surface area contributed by atoms with E-state index in [4.69, 9.17) is 4.74 Å². The van der Waals surface area contributed by atoms with Gasteiger partial charge in [-0.3, -0.25) is 4.79 Å². The zero-order chi connectivity index (χ0) is 9.26. The van der Waals surface area contributed by atoms with Gasteiger partial charge in [0.1, 0.15) is 5.75 Å². The van der Waals surface area contributed by atoms with Crippen molar-refractivity contribution in [3.63, 3.8) is 0 Å². The SMILES string of the molecule is CSc1cccc2c1OCCC2=O. The molecule has 0 radical (unpaired) electrons. The fourth-order valence-electron chi connectivity index (χ4n) is 1.43. The molecule has 0 atom stereocenters. The van der Waals surface area contributed by atoms with Crippen LogP contribution in [0.3, 0.4) is 0 Å². The number of carbonyl (C=O) groups is 1. The van der Waals surface area contributed by atoms with Crippen molar-refractivity contribution in [2.24, 2.45) is 0 Å². The number of benzene rings is 1. The van der Waals surface area contributed by atoms with Gasteiger partial charge >= 0.3 is 0 Å². The normalized spacial score (nSPS) is 15.0. The molecule has 3 heteroatoms. The van der Waals surface area contributed by atoms with Crippen LogP contribution in [0.1, 0.15) is 16.8 Å². The fourth-order valence-corrected chi connectivity index (χ4v) is 1.99. The van der Waals surface area contributed by atoms with Crippen molar-refractivity contribution >= 4 is 17.5 Å². The quantitative estimate of drug-likeness (QED) is 0.642. The molecule has 2 rings (SSSR count). The molecule has 0 aliphatic carbocycles. The minimum atomic E-state index is 0.192. The molecule has 0 saturated carbocycles. The highest BCUT2D eigenvalue weighted by Crippen LogP contribution is 2.34. The Hall–Kier alpha value is -0.960. The summed E-state index contributed by atoms with van der Waals surface area (Å²) >= 11 is 1.61. The molecule has 1 aliphatic heterocycles. The van der Waals surface area contributed by atoms with E-state index in [-0.39, 0.29) is 5.78 Å². The van der Waals surface area contributed by atoms with Gasteiger partial charge in [0.25, 0.3) is 0 Å². The number of fused-ring (bicyclic) bond motifs is 1. The van der Waals surface area contributed by atoms with Crippen LogP contribution in [0.2, 0.25) is 0 Å². The lowest BCUT2D eigenvalue weighted by Crippen LogP contribution is -2.15. The molecule has 0 amide bonds. The van der Waals surface area contributed by atoms with Crippen molar-refractivity contribution in [1.82, 2.24) is 0 Å².